The lowest BCUT2D eigenvalue weighted by atomic mass is 9.78. The fourth-order valence-electron chi connectivity index (χ4n) is 4.10. The van der Waals surface area contributed by atoms with Crippen LogP contribution in [0.4, 0.5) is 4.79 Å². The summed E-state index contributed by atoms with van der Waals surface area (Å²) in [5, 5.41) is 0.949. The van der Waals surface area contributed by atoms with E-state index in [2.05, 4.69) is 6.07 Å². The van der Waals surface area contributed by atoms with Crippen LogP contribution in [0.15, 0.2) is 54.6 Å². The molecular formula is C23H26N4O2S. The third-order valence-electron chi connectivity index (χ3n) is 5.82. The van der Waals surface area contributed by atoms with Crippen molar-refractivity contribution in [3.05, 3.63) is 65.2 Å². The Labute approximate surface area is 180 Å². The van der Waals surface area contributed by atoms with Crippen molar-refractivity contribution in [1.82, 2.24) is 14.8 Å². The minimum atomic E-state index is -0.739. The van der Waals surface area contributed by atoms with Crippen LogP contribution < -0.4 is 5.73 Å². The topological polar surface area (TPSA) is 79.5 Å². The highest BCUT2D eigenvalue weighted by molar-refractivity contribution is 7.18. The van der Waals surface area contributed by atoms with Crippen molar-refractivity contribution in [3.8, 4) is 0 Å². The van der Waals surface area contributed by atoms with Crippen molar-refractivity contribution in [2.24, 2.45) is 5.73 Å². The Morgan fingerprint density at radius 1 is 1.00 bits per heavy atom. The highest BCUT2D eigenvalue weighted by Gasteiger charge is 2.40. The summed E-state index contributed by atoms with van der Waals surface area (Å²) in [6.07, 6.45) is 1.26. The molecule has 156 valence electrons. The third-order valence-corrected chi connectivity index (χ3v) is 6.86. The van der Waals surface area contributed by atoms with Gasteiger partial charge in [0, 0.05) is 32.6 Å². The molecule has 6 nitrogen and oxygen atoms in total. The van der Waals surface area contributed by atoms with E-state index in [0.29, 0.717) is 32.6 Å². The Balaban J connectivity index is 1.65. The number of urea groups is 1. The van der Waals surface area contributed by atoms with Crippen LogP contribution >= 0.6 is 11.3 Å². The number of hydrogen-bond acceptors (Lipinski definition) is 4. The van der Waals surface area contributed by atoms with E-state index in [9.17, 15) is 9.59 Å². The van der Waals surface area contributed by atoms with Crippen LogP contribution in [-0.4, -0.2) is 52.9 Å². The summed E-state index contributed by atoms with van der Waals surface area (Å²) < 4.78 is 1.13. The van der Waals surface area contributed by atoms with Crippen LogP contribution in [0.5, 0.6) is 0 Å². The maximum Gasteiger partial charge on any atom is 0.314 e. The van der Waals surface area contributed by atoms with Gasteiger partial charge < -0.3 is 15.5 Å². The van der Waals surface area contributed by atoms with Crippen LogP contribution in [0, 0.1) is 0 Å². The molecule has 1 unspecified atom stereocenters. The Morgan fingerprint density at radius 2 is 1.67 bits per heavy atom. The molecule has 2 aromatic carbocycles. The second-order valence-electron chi connectivity index (χ2n) is 7.92. The zero-order valence-electron chi connectivity index (χ0n) is 17.1. The number of benzene rings is 2. The van der Waals surface area contributed by atoms with E-state index in [1.54, 1.807) is 16.2 Å². The summed E-state index contributed by atoms with van der Waals surface area (Å²) in [7, 11) is 0. The second-order valence-corrected chi connectivity index (χ2v) is 9.04. The van der Waals surface area contributed by atoms with Gasteiger partial charge in [-0.25, -0.2) is 9.78 Å². The molecule has 2 heterocycles. The van der Waals surface area contributed by atoms with Crippen molar-refractivity contribution < 1.29 is 9.59 Å². The first-order chi connectivity index (χ1) is 14.5. The van der Waals surface area contributed by atoms with Crippen molar-refractivity contribution in [1.29, 1.82) is 0 Å². The lowest BCUT2D eigenvalue weighted by Crippen LogP contribution is -2.48. The molecule has 1 fully saturated rings. The van der Waals surface area contributed by atoms with Gasteiger partial charge in [-0.2, -0.15) is 0 Å². The number of amides is 3. The third kappa shape index (κ3) is 4.03. The molecule has 2 N–H and O–H groups in total. The average molecular weight is 423 g/mol. The van der Waals surface area contributed by atoms with E-state index in [-0.39, 0.29) is 5.91 Å². The molecule has 0 bridgehead atoms. The van der Waals surface area contributed by atoms with Crippen LogP contribution in [0.1, 0.15) is 23.9 Å². The van der Waals surface area contributed by atoms with Crippen molar-refractivity contribution in [2.75, 3.05) is 26.2 Å². The Morgan fingerprint density at radius 3 is 2.40 bits per heavy atom. The van der Waals surface area contributed by atoms with Gasteiger partial charge in [0.1, 0.15) is 0 Å². The van der Waals surface area contributed by atoms with Crippen LogP contribution in [0.3, 0.4) is 0 Å². The van der Waals surface area contributed by atoms with Gasteiger partial charge in [0.15, 0.2) is 0 Å². The normalized spacial score (nSPS) is 16.8. The number of primary amides is 1. The van der Waals surface area contributed by atoms with Crippen LogP contribution in [-0.2, 0) is 16.6 Å². The van der Waals surface area contributed by atoms with Crippen molar-refractivity contribution in [3.63, 3.8) is 0 Å². The molecule has 1 aliphatic heterocycles. The number of carbonyl (C=O) groups excluding carboxylic acids is 2. The molecule has 1 saturated heterocycles. The minimum Gasteiger partial charge on any atom is -0.351 e. The number of hydrogen-bond donors (Lipinski definition) is 1. The lowest BCUT2D eigenvalue weighted by molar-refractivity contribution is -0.136. The van der Waals surface area contributed by atoms with Gasteiger partial charge >= 0.3 is 6.03 Å². The summed E-state index contributed by atoms with van der Waals surface area (Å²) in [5.41, 5.74) is 6.65. The van der Waals surface area contributed by atoms with E-state index in [0.717, 1.165) is 27.2 Å². The van der Waals surface area contributed by atoms with Gasteiger partial charge in [-0.1, -0.05) is 42.5 Å². The average Bonchev–Trinajstić information content (AvgIpc) is 2.99. The molecule has 0 saturated carbocycles. The molecule has 1 atom stereocenters. The number of aromatic nitrogens is 1. The summed E-state index contributed by atoms with van der Waals surface area (Å²) in [5.74, 6) is 0.0688. The van der Waals surface area contributed by atoms with Gasteiger partial charge in [-0.3, -0.25) is 4.79 Å². The number of rotatable bonds is 4. The molecule has 0 aliphatic carbocycles. The summed E-state index contributed by atoms with van der Waals surface area (Å²) in [6, 6.07) is 17.6. The van der Waals surface area contributed by atoms with E-state index in [1.807, 2.05) is 60.4 Å². The predicted molar refractivity (Wildman–Crippen MR) is 119 cm³/mol. The smallest absolute Gasteiger partial charge is 0.314 e. The Kier molecular flexibility index (Phi) is 5.72. The number of carbonyl (C=O) groups is 2. The summed E-state index contributed by atoms with van der Waals surface area (Å²) in [4.78, 5) is 33.7. The molecular weight excluding hydrogens is 396 g/mol. The van der Waals surface area contributed by atoms with Gasteiger partial charge in [0.25, 0.3) is 0 Å². The predicted octanol–water partition coefficient (Wildman–Crippen LogP) is 3.41. The molecule has 0 spiro atoms. The zero-order chi connectivity index (χ0) is 21.1. The van der Waals surface area contributed by atoms with E-state index < -0.39 is 11.4 Å². The molecule has 1 aliphatic rings. The van der Waals surface area contributed by atoms with Crippen LogP contribution in [0.2, 0.25) is 0 Å². The quantitative estimate of drug-likeness (QED) is 0.700. The highest BCUT2D eigenvalue weighted by atomic mass is 32.1. The molecule has 1 aromatic heterocycles. The molecule has 30 heavy (non-hydrogen) atoms. The number of para-hydroxylation sites is 1. The van der Waals surface area contributed by atoms with Gasteiger partial charge in [-0.15, -0.1) is 11.3 Å². The lowest BCUT2D eigenvalue weighted by Gasteiger charge is -2.34. The number of fused-ring (bicyclic) bond motifs is 1. The first kappa shape index (κ1) is 20.3. The maximum absolute atomic E-state index is 13.8. The number of thiazole rings is 1. The molecule has 7 heteroatoms. The zero-order valence-corrected chi connectivity index (χ0v) is 17.9. The second kappa shape index (κ2) is 8.44. The van der Waals surface area contributed by atoms with Crippen LogP contribution in [0.25, 0.3) is 10.2 Å². The van der Waals surface area contributed by atoms with Crippen molar-refractivity contribution in [2.45, 2.75) is 25.2 Å². The SMILES string of the molecule is CC(Cc1nc2ccccc2s1)(C(=O)N1CCCN(C(N)=O)CC1)c1ccccc1. The largest absolute Gasteiger partial charge is 0.351 e. The Bertz CT molecular complexity index is 1020. The summed E-state index contributed by atoms with van der Waals surface area (Å²) >= 11 is 1.64. The molecule has 0 radical (unpaired) electrons. The molecule has 3 amide bonds. The number of nitrogens with zero attached hydrogens (tertiary/aromatic N) is 3. The van der Waals surface area contributed by atoms with Gasteiger partial charge in [0.05, 0.1) is 20.6 Å². The highest BCUT2D eigenvalue weighted by Crippen LogP contribution is 2.34. The fraction of sp³-hybridized carbons (Fsp3) is 0.348. The van der Waals surface area contributed by atoms with E-state index in [4.69, 9.17) is 10.7 Å². The number of nitrogens with two attached hydrogens (primary N) is 1. The fourth-order valence-corrected chi connectivity index (χ4v) is 5.22. The van der Waals surface area contributed by atoms with Gasteiger partial charge in [-0.05, 0) is 31.0 Å². The first-order valence-corrected chi connectivity index (χ1v) is 11.0. The van der Waals surface area contributed by atoms with Crippen molar-refractivity contribution >= 4 is 33.5 Å². The standard InChI is InChI=1S/C23H26N4O2S/c1-23(17-8-3-2-4-9-17,16-20-25-18-10-5-6-11-19(18)30-20)21(28)26-12-7-13-27(15-14-26)22(24)29/h2-6,8-11H,7,12-16H2,1H3,(H2,24,29). The Hall–Kier alpha value is -2.93. The molecule has 4 rings (SSSR count). The monoisotopic (exact) mass is 422 g/mol. The maximum atomic E-state index is 13.8. The van der Waals surface area contributed by atoms with E-state index >= 15 is 0 Å². The first-order valence-electron chi connectivity index (χ1n) is 10.2. The minimum absolute atomic E-state index is 0.0688. The van der Waals surface area contributed by atoms with Gasteiger partial charge in [0.2, 0.25) is 5.91 Å². The van der Waals surface area contributed by atoms with E-state index in [1.165, 1.54) is 0 Å². The summed E-state index contributed by atoms with van der Waals surface area (Å²) in [6.45, 7) is 4.16. The molecule has 3 aromatic rings.